The normalized spacial score (nSPS) is 12.7. The van der Waals surface area contributed by atoms with Crippen molar-refractivity contribution in [2.45, 2.75) is 19.9 Å². The van der Waals surface area contributed by atoms with E-state index in [0.29, 0.717) is 10.6 Å². The third-order valence-electron chi connectivity index (χ3n) is 2.87. The molecule has 0 radical (unpaired) electrons. The second-order valence-electron chi connectivity index (χ2n) is 4.27. The van der Waals surface area contributed by atoms with Gasteiger partial charge in [0.2, 0.25) is 0 Å². The SMILES string of the molecule is CCNC(c1ccc(F)c(C)c1)c1cc(Cl)c(Br)s1. The summed E-state index contributed by atoms with van der Waals surface area (Å²) < 4.78 is 14.3. The number of halogens is 3. The van der Waals surface area contributed by atoms with Gasteiger partial charge >= 0.3 is 0 Å². The highest BCUT2D eigenvalue weighted by molar-refractivity contribution is 9.11. The Hall–Kier alpha value is -0.420. The standard InChI is InChI=1S/C14H14BrClFNS/c1-3-18-13(12-7-10(16)14(15)19-12)9-4-5-11(17)8(2)6-9/h4-7,13,18H,3H2,1-2H3. The Balaban J connectivity index is 2.41. The second kappa shape index (κ2) is 6.35. The van der Waals surface area contributed by atoms with E-state index in [1.54, 1.807) is 18.3 Å². The maximum absolute atomic E-state index is 13.4. The van der Waals surface area contributed by atoms with Crippen LogP contribution in [-0.2, 0) is 0 Å². The van der Waals surface area contributed by atoms with Gasteiger partial charge in [0.15, 0.2) is 0 Å². The molecule has 0 aliphatic carbocycles. The number of nitrogens with one attached hydrogen (secondary N) is 1. The maximum Gasteiger partial charge on any atom is 0.126 e. The van der Waals surface area contributed by atoms with E-state index in [1.807, 2.05) is 25.1 Å². The van der Waals surface area contributed by atoms with Gasteiger partial charge in [0.05, 0.1) is 14.9 Å². The van der Waals surface area contributed by atoms with Crippen molar-refractivity contribution in [1.29, 1.82) is 0 Å². The lowest BCUT2D eigenvalue weighted by Crippen LogP contribution is -2.21. The number of thiophene rings is 1. The molecule has 1 atom stereocenters. The van der Waals surface area contributed by atoms with E-state index < -0.39 is 0 Å². The number of hydrogen-bond donors (Lipinski definition) is 1. The summed E-state index contributed by atoms with van der Waals surface area (Å²) in [7, 11) is 0. The van der Waals surface area contributed by atoms with Crippen LogP contribution in [0.15, 0.2) is 28.1 Å². The van der Waals surface area contributed by atoms with Gasteiger partial charge in [0.1, 0.15) is 5.82 Å². The van der Waals surface area contributed by atoms with Crippen molar-refractivity contribution in [2.75, 3.05) is 6.54 Å². The lowest BCUT2D eigenvalue weighted by atomic mass is 10.0. The highest BCUT2D eigenvalue weighted by Crippen LogP contribution is 2.37. The van der Waals surface area contributed by atoms with Crippen molar-refractivity contribution in [3.8, 4) is 0 Å². The second-order valence-corrected chi connectivity index (χ2v) is 7.08. The van der Waals surface area contributed by atoms with E-state index in [9.17, 15) is 4.39 Å². The van der Waals surface area contributed by atoms with E-state index in [4.69, 9.17) is 11.6 Å². The summed E-state index contributed by atoms with van der Waals surface area (Å²) in [6.45, 7) is 4.65. The Kier molecular flexibility index (Phi) is 5.01. The monoisotopic (exact) mass is 361 g/mol. The maximum atomic E-state index is 13.4. The first kappa shape index (κ1) is 15.0. The average molecular weight is 363 g/mol. The first-order valence-corrected chi connectivity index (χ1v) is 7.95. The third-order valence-corrected chi connectivity index (χ3v) is 5.41. The fraction of sp³-hybridized carbons (Fsp3) is 0.286. The van der Waals surface area contributed by atoms with Gasteiger partial charge < -0.3 is 5.32 Å². The first-order chi connectivity index (χ1) is 9.02. The molecule has 0 aliphatic rings. The van der Waals surface area contributed by atoms with Gasteiger partial charge in [-0.25, -0.2) is 4.39 Å². The van der Waals surface area contributed by atoms with Crippen LogP contribution < -0.4 is 5.32 Å². The van der Waals surface area contributed by atoms with Crippen molar-refractivity contribution >= 4 is 38.9 Å². The molecule has 1 N–H and O–H groups in total. The van der Waals surface area contributed by atoms with Crippen LogP contribution in [0.2, 0.25) is 5.02 Å². The molecule has 0 saturated carbocycles. The Morgan fingerprint density at radius 2 is 2.16 bits per heavy atom. The van der Waals surface area contributed by atoms with Gasteiger partial charge in [-0.3, -0.25) is 0 Å². The summed E-state index contributed by atoms with van der Waals surface area (Å²) in [6.07, 6.45) is 0. The van der Waals surface area contributed by atoms with Gasteiger partial charge in [-0.05, 0) is 52.7 Å². The fourth-order valence-electron chi connectivity index (χ4n) is 1.94. The zero-order chi connectivity index (χ0) is 14.0. The Labute approximate surface area is 129 Å². The molecule has 0 amide bonds. The van der Waals surface area contributed by atoms with Gasteiger partial charge in [-0.15, -0.1) is 11.3 Å². The predicted molar refractivity (Wildman–Crippen MR) is 83.7 cm³/mol. The highest BCUT2D eigenvalue weighted by atomic mass is 79.9. The van der Waals surface area contributed by atoms with Crippen LogP contribution in [0.1, 0.15) is 29.0 Å². The molecule has 5 heteroatoms. The molecule has 2 rings (SSSR count). The molecule has 0 spiro atoms. The van der Waals surface area contributed by atoms with Gasteiger partial charge in [0.25, 0.3) is 0 Å². The molecule has 1 aromatic heterocycles. The van der Waals surface area contributed by atoms with E-state index in [2.05, 4.69) is 21.2 Å². The molecule has 102 valence electrons. The zero-order valence-electron chi connectivity index (χ0n) is 10.6. The molecule has 0 bridgehead atoms. The summed E-state index contributed by atoms with van der Waals surface area (Å²) in [6, 6.07) is 7.20. The molecular weight excluding hydrogens is 349 g/mol. The van der Waals surface area contributed by atoms with Crippen LogP contribution >= 0.6 is 38.9 Å². The number of rotatable bonds is 4. The average Bonchev–Trinajstić information content (AvgIpc) is 2.70. The number of hydrogen-bond acceptors (Lipinski definition) is 2. The molecule has 1 aromatic carbocycles. The highest BCUT2D eigenvalue weighted by Gasteiger charge is 2.17. The molecule has 0 saturated heterocycles. The van der Waals surface area contributed by atoms with Crippen molar-refractivity contribution in [2.24, 2.45) is 0 Å². The minimum absolute atomic E-state index is 0.0399. The summed E-state index contributed by atoms with van der Waals surface area (Å²) in [5, 5.41) is 4.12. The van der Waals surface area contributed by atoms with Crippen LogP contribution in [0.5, 0.6) is 0 Å². The van der Waals surface area contributed by atoms with Crippen molar-refractivity contribution in [3.05, 3.63) is 54.9 Å². The molecule has 19 heavy (non-hydrogen) atoms. The molecule has 0 fully saturated rings. The molecule has 2 aromatic rings. The Morgan fingerprint density at radius 3 is 2.68 bits per heavy atom. The van der Waals surface area contributed by atoms with E-state index in [1.165, 1.54) is 6.07 Å². The van der Waals surface area contributed by atoms with E-state index in [-0.39, 0.29) is 11.9 Å². The predicted octanol–water partition coefficient (Wildman–Crippen LogP) is 5.31. The fourth-order valence-corrected chi connectivity index (χ4v) is 3.79. The summed E-state index contributed by atoms with van der Waals surface area (Å²) >= 11 is 11.1. The zero-order valence-corrected chi connectivity index (χ0v) is 13.8. The Bertz CT molecular complexity index is 565. The van der Waals surface area contributed by atoms with Gasteiger partial charge in [0, 0.05) is 4.88 Å². The first-order valence-electron chi connectivity index (χ1n) is 5.97. The van der Waals surface area contributed by atoms with E-state index in [0.717, 1.165) is 20.8 Å². The third kappa shape index (κ3) is 3.37. The van der Waals surface area contributed by atoms with Crippen LogP contribution in [-0.4, -0.2) is 6.54 Å². The van der Waals surface area contributed by atoms with Gasteiger partial charge in [-0.2, -0.15) is 0 Å². The van der Waals surface area contributed by atoms with Crippen LogP contribution in [0, 0.1) is 12.7 Å². The largest absolute Gasteiger partial charge is 0.306 e. The summed E-state index contributed by atoms with van der Waals surface area (Å²) in [4.78, 5) is 1.12. The van der Waals surface area contributed by atoms with Crippen molar-refractivity contribution < 1.29 is 4.39 Å². The van der Waals surface area contributed by atoms with Crippen molar-refractivity contribution in [3.63, 3.8) is 0 Å². The lowest BCUT2D eigenvalue weighted by Gasteiger charge is -2.17. The Morgan fingerprint density at radius 1 is 1.42 bits per heavy atom. The van der Waals surface area contributed by atoms with E-state index >= 15 is 0 Å². The molecular formula is C14H14BrClFNS. The summed E-state index contributed by atoms with van der Waals surface area (Å²) in [5.41, 5.74) is 1.70. The van der Waals surface area contributed by atoms with Crippen LogP contribution in [0.3, 0.4) is 0 Å². The number of aryl methyl sites for hydroxylation is 1. The van der Waals surface area contributed by atoms with Crippen LogP contribution in [0.25, 0.3) is 0 Å². The molecule has 0 aliphatic heterocycles. The molecule has 1 heterocycles. The molecule has 1 nitrogen and oxygen atoms in total. The quantitative estimate of drug-likeness (QED) is 0.777. The summed E-state index contributed by atoms with van der Waals surface area (Å²) in [5.74, 6) is -0.176. The minimum atomic E-state index is -0.176. The van der Waals surface area contributed by atoms with Crippen LogP contribution in [0.4, 0.5) is 4.39 Å². The minimum Gasteiger partial charge on any atom is -0.306 e. The van der Waals surface area contributed by atoms with Gasteiger partial charge in [-0.1, -0.05) is 30.7 Å². The molecule has 1 unspecified atom stereocenters. The van der Waals surface area contributed by atoms with Crippen molar-refractivity contribution in [1.82, 2.24) is 5.32 Å². The number of benzene rings is 1. The smallest absolute Gasteiger partial charge is 0.126 e. The lowest BCUT2D eigenvalue weighted by molar-refractivity contribution is 0.609. The topological polar surface area (TPSA) is 12.0 Å².